The van der Waals surface area contributed by atoms with Crippen LogP contribution in [0.25, 0.3) is 0 Å². The van der Waals surface area contributed by atoms with E-state index in [4.69, 9.17) is 0 Å². The molecule has 10 heteroatoms. The summed E-state index contributed by atoms with van der Waals surface area (Å²) in [5, 5.41) is 6.55. The van der Waals surface area contributed by atoms with Crippen LogP contribution in [0, 0.1) is 31.4 Å². The number of halogens is 2. The first kappa shape index (κ1) is 21.4. The summed E-state index contributed by atoms with van der Waals surface area (Å²) in [6.07, 6.45) is 1.61. The summed E-state index contributed by atoms with van der Waals surface area (Å²) in [6.45, 7) is 5.89. The third-order valence-electron chi connectivity index (χ3n) is 5.15. The van der Waals surface area contributed by atoms with E-state index >= 15 is 0 Å². The zero-order valence-electron chi connectivity index (χ0n) is 16.6. The molecule has 0 aliphatic carbocycles. The van der Waals surface area contributed by atoms with Crippen LogP contribution in [0.2, 0.25) is 0 Å². The van der Waals surface area contributed by atoms with Crippen molar-refractivity contribution in [3.63, 3.8) is 0 Å². The molecule has 1 aromatic heterocycles. The molecule has 1 saturated heterocycles. The van der Waals surface area contributed by atoms with Crippen molar-refractivity contribution in [1.82, 2.24) is 14.1 Å². The number of hydrogen-bond donors (Lipinski definition) is 1. The summed E-state index contributed by atoms with van der Waals surface area (Å²) in [6, 6.07) is 2.83. The average Bonchev–Trinajstić information content (AvgIpc) is 2.91. The van der Waals surface area contributed by atoms with Crippen molar-refractivity contribution in [2.45, 2.75) is 45.1 Å². The van der Waals surface area contributed by atoms with Gasteiger partial charge in [-0.1, -0.05) is 6.92 Å². The van der Waals surface area contributed by atoms with Gasteiger partial charge in [-0.15, -0.1) is 0 Å². The second kappa shape index (κ2) is 8.19. The third-order valence-corrected chi connectivity index (χ3v) is 7.31. The lowest BCUT2D eigenvalue weighted by molar-refractivity contribution is -0.117. The summed E-state index contributed by atoms with van der Waals surface area (Å²) in [7, 11) is -3.72. The number of carbonyl (C=O) groups is 1. The van der Waals surface area contributed by atoms with Gasteiger partial charge in [0.1, 0.15) is 23.1 Å². The number of aryl methyl sites for hydroxylation is 1. The molecule has 0 atom stereocenters. The topological polar surface area (TPSA) is 84.3 Å². The summed E-state index contributed by atoms with van der Waals surface area (Å²) in [5.74, 6) is -1.76. The van der Waals surface area contributed by atoms with Gasteiger partial charge in [0.15, 0.2) is 0 Å². The molecular weight excluding hydrogens is 402 g/mol. The normalized spacial score (nSPS) is 16.2. The molecule has 1 N–H and O–H groups in total. The maximum atomic E-state index is 13.7. The number of aromatic nitrogens is 2. The highest BCUT2D eigenvalue weighted by Gasteiger charge is 2.33. The second-order valence-electron chi connectivity index (χ2n) is 7.42. The highest BCUT2D eigenvalue weighted by molar-refractivity contribution is 7.89. The Kier molecular flexibility index (Phi) is 6.04. The first-order valence-corrected chi connectivity index (χ1v) is 10.8. The van der Waals surface area contributed by atoms with Crippen molar-refractivity contribution in [3.8, 4) is 0 Å². The maximum Gasteiger partial charge on any atom is 0.246 e. The number of amides is 1. The number of piperidine rings is 1. The molecule has 1 aliphatic heterocycles. The molecule has 2 aromatic rings. The van der Waals surface area contributed by atoms with Gasteiger partial charge < -0.3 is 5.32 Å². The standard InChI is InChI=1S/C19H24F2N4O3S/c1-12-6-8-24(9-7-12)29(27,28)19-13(2)23-25(14(19)3)11-18(26)22-17-5-4-15(20)10-16(17)21/h4-5,10,12H,6-9,11H2,1-3H3,(H,22,26). The van der Waals surface area contributed by atoms with Crippen LogP contribution in [0.3, 0.4) is 0 Å². The molecule has 1 fully saturated rings. The molecule has 1 aromatic carbocycles. The van der Waals surface area contributed by atoms with Crippen LogP contribution in [-0.2, 0) is 21.4 Å². The van der Waals surface area contributed by atoms with Gasteiger partial charge in [0.05, 0.1) is 17.1 Å². The maximum absolute atomic E-state index is 13.7. The van der Waals surface area contributed by atoms with E-state index in [-0.39, 0.29) is 17.1 Å². The molecule has 0 spiro atoms. The van der Waals surface area contributed by atoms with E-state index in [1.54, 1.807) is 13.8 Å². The molecule has 0 bridgehead atoms. The fourth-order valence-electron chi connectivity index (χ4n) is 3.48. The van der Waals surface area contributed by atoms with E-state index in [1.807, 2.05) is 0 Å². The van der Waals surface area contributed by atoms with Gasteiger partial charge in [0.2, 0.25) is 15.9 Å². The highest BCUT2D eigenvalue weighted by Crippen LogP contribution is 2.27. The number of carbonyl (C=O) groups excluding carboxylic acids is 1. The number of sulfonamides is 1. The number of benzene rings is 1. The lowest BCUT2D eigenvalue weighted by Gasteiger charge is -2.29. The molecule has 0 unspecified atom stereocenters. The molecule has 2 heterocycles. The van der Waals surface area contributed by atoms with Crippen LogP contribution in [0.5, 0.6) is 0 Å². The Labute approximate surface area is 168 Å². The van der Waals surface area contributed by atoms with E-state index < -0.39 is 27.6 Å². The number of anilines is 1. The largest absolute Gasteiger partial charge is 0.322 e. The summed E-state index contributed by atoms with van der Waals surface area (Å²) in [5.41, 5.74) is 0.492. The minimum absolute atomic E-state index is 0.104. The van der Waals surface area contributed by atoms with Gasteiger partial charge in [0, 0.05) is 19.2 Å². The first-order valence-electron chi connectivity index (χ1n) is 9.38. The van der Waals surface area contributed by atoms with Crippen molar-refractivity contribution < 1.29 is 22.0 Å². The molecule has 7 nitrogen and oxygen atoms in total. The summed E-state index contributed by atoms with van der Waals surface area (Å²) in [4.78, 5) is 12.4. The van der Waals surface area contributed by atoms with Crippen molar-refractivity contribution >= 4 is 21.6 Å². The Morgan fingerprint density at radius 3 is 2.52 bits per heavy atom. The minimum Gasteiger partial charge on any atom is -0.322 e. The van der Waals surface area contributed by atoms with Crippen molar-refractivity contribution in [2.75, 3.05) is 18.4 Å². The summed E-state index contributed by atoms with van der Waals surface area (Å²) < 4.78 is 55.6. The number of rotatable bonds is 5. The van der Waals surface area contributed by atoms with Crippen molar-refractivity contribution in [3.05, 3.63) is 41.2 Å². The molecule has 3 rings (SSSR count). The van der Waals surface area contributed by atoms with Gasteiger partial charge in [0.25, 0.3) is 0 Å². The molecule has 29 heavy (non-hydrogen) atoms. The minimum atomic E-state index is -3.72. The Balaban J connectivity index is 1.79. The Hall–Kier alpha value is -2.33. The molecule has 1 amide bonds. The zero-order valence-corrected chi connectivity index (χ0v) is 17.4. The first-order chi connectivity index (χ1) is 13.6. The third kappa shape index (κ3) is 4.48. The number of hydrogen-bond acceptors (Lipinski definition) is 4. The van der Waals surface area contributed by atoms with E-state index in [2.05, 4.69) is 17.3 Å². The predicted octanol–water partition coefficient (Wildman–Crippen LogP) is 2.84. The SMILES string of the molecule is Cc1nn(CC(=O)Nc2ccc(F)cc2F)c(C)c1S(=O)(=O)N1CCC(C)CC1. The van der Waals surface area contributed by atoms with Gasteiger partial charge in [-0.3, -0.25) is 9.48 Å². The smallest absolute Gasteiger partial charge is 0.246 e. The fourth-order valence-corrected chi connectivity index (χ4v) is 5.32. The van der Waals surface area contributed by atoms with Crippen LogP contribution < -0.4 is 5.32 Å². The average molecular weight is 426 g/mol. The highest BCUT2D eigenvalue weighted by atomic mass is 32.2. The van der Waals surface area contributed by atoms with Gasteiger partial charge in [-0.05, 0) is 44.7 Å². The lowest BCUT2D eigenvalue weighted by Crippen LogP contribution is -2.38. The second-order valence-corrected chi connectivity index (χ2v) is 9.29. The van der Waals surface area contributed by atoms with Crippen LogP contribution in [0.4, 0.5) is 14.5 Å². The van der Waals surface area contributed by atoms with E-state index in [0.717, 1.165) is 25.0 Å². The molecule has 0 saturated carbocycles. The van der Waals surface area contributed by atoms with Crippen molar-refractivity contribution in [1.29, 1.82) is 0 Å². The number of nitrogens with zero attached hydrogens (tertiary/aromatic N) is 3. The van der Waals surface area contributed by atoms with Gasteiger partial charge in [-0.25, -0.2) is 17.2 Å². The molecule has 0 radical (unpaired) electrons. The Morgan fingerprint density at radius 1 is 1.24 bits per heavy atom. The predicted molar refractivity (Wildman–Crippen MR) is 104 cm³/mol. The monoisotopic (exact) mass is 426 g/mol. The molecule has 1 aliphatic rings. The Morgan fingerprint density at radius 2 is 1.90 bits per heavy atom. The van der Waals surface area contributed by atoms with Crippen LogP contribution in [0.15, 0.2) is 23.1 Å². The quantitative estimate of drug-likeness (QED) is 0.797. The van der Waals surface area contributed by atoms with Gasteiger partial charge >= 0.3 is 0 Å². The van der Waals surface area contributed by atoms with E-state index in [9.17, 15) is 22.0 Å². The van der Waals surface area contributed by atoms with Gasteiger partial charge in [-0.2, -0.15) is 9.40 Å². The Bertz CT molecular complexity index is 1030. The number of nitrogens with one attached hydrogen (secondary N) is 1. The van der Waals surface area contributed by atoms with E-state index in [0.29, 0.717) is 36.5 Å². The molecule has 158 valence electrons. The summed E-state index contributed by atoms with van der Waals surface area (Å²) >= 11 is 0. The van der Waals surface area contributed by atoms with Crippen molar-refractivity contribution in [2.24, 2.45) is 5.92 Å². The van der Waals surface area contributed by atoms with Crippen LogP contribution in [-0.4, -0.2) is 41.5 Å². The lowest BCUT2D eigenvalue weighted by atomic mass is 10.0. The van der Waals surface area contributed by atoms with Crippen LogP contribution in [0.1, 0.15) is 31.2 Å². The molecular formula is C19H24F2N4O3S. The van der Waals surface area contributed by atoms with Crippen LogP contribution >= 0.6 is 0 Å². The zero-order chi connectivity index (χ0) is 21.3. The fraction of sp³-hybridized carbons (Fsp3) is 0.474. The van der Waals surface area contributed by atoms with E-state index in [1.165, 1.54) is 8.99 Å².